The summed E-state index contributed by atoms with van der Waals surface area (Å²) >= 11 is 0. The maximum atomic E-state index is 12.5. The molecular weight excluding hydrogens is 294 g/mol. The first-order valence-electron chi connectivity index (χ1n) is 8.20. The zero-order chi connectivity index (χ0) is 16.7. The van der Waals surface area contributed by atoms with Crippen molar-refractivity contribution in [1.29, 1.82) is 0 Å². The molecule has 1 aromatic rings. The lowest BCUT2D eigenvalue weighted by molar-refractivity contribution is -0.140. The number of carbonyl (C=O) groups is 2. The van der Waals surface area contributed by atoms with Crippen molar-refractivity contribution in [1.82, 2.24) is 5.32 Å². The van der Waals surface area contributed by atoms with Crippen molar-refractivity contribution < 1.29 is 19.4 Å². The largest absolute Gasteiger partial charge is 0.481 e. The van der Waals surface area contributed by atoms with Crippen LogP contribution in [0.15, 0.2) is 30.3 Å². The average Bonchev–Trinajstić information content (AvgIpc) is 2.53. The summed E-state index contributed by atoms with van der Waals surface area (Å²) in [4.78, 5) is 23.7. The van der Waals surface area contributed by atoms with Crippen LogP contribution in [0, 0.1) is 0 Å². The standard InChI is InChI=1S/C18H25NO4/c1-2-14(15-6-4-3-5-7-15)12-16(20)19-18(13-17(21)22)8-10-23-11-9-18/h3-7,14H,2,8-13H2,1H3,(H,19,20)(H,21,22). The van der Waals surface area contributed by atoms with Crippen LogP contribution in [0.4, 0.5) is 0 Å². The summed E-state index contributed by atoms with van der Waals surface area (Å²) in [6.45, 7) is 3.04. The van der Waals surface area contributed by atoms with Crippen LogP contribution >= 0.6 is 0 Å². The number of aliphatic carboxylic acids is 1. The summed E-state index contributed by atoms with van der Waals surface area (Å²) in [5.41, 5.74) is 0.472. The number of carbonyl (C=O) groups excluding carboxylic acids is 1. The van der Waals surface area contributed by atoms with E-state index >= 15 is 0 Å². The molecule has 0 spiro atoms. The van der Waals surface area contributed by atoms with Gasteiger partial charge in [0.1, 0.15) is 0 Å². The van der Waals surface area contributed by atoms with Gasteiger partial charge in [0, 0.05) is 19.6 Å². The minimum atomic E-state index is -0.887. The maximum Gasteiger partial charge on any atom is 0.305 e. The number of carboxylic acid groups (broad SMARTS) is 1. The number of hydrogen-bond acceptors (Lipinski definition) is 3. The Kier molecular flexibility index (Phi) is 6.16. The second-order valence-corrected chi connectivity index (χ2v) is 6.23. The molecule has 0 bridgehead atoms. The molecule has 1 aromatic carbocycles. The van der Waals surface area contributed by atoms with Crippen LogP contribution in [-0.4, -0.2) is 35.7 Å². The van der Waals surface area contributed by atoms with Crippen LogP contribution in [0.1, 0.15) is 50.5 Å². The molecular formula is C18H25NO4. The molecule has 126 valence electrons. The Morgan fingerprint density at radius 3 is 2.48 bits per heavy atom. The molecule has 23 heavy (non-hydrogen) atoms. The molecule has 1 atom stereocenters. The molecule has 1 unspecified atom stereocenters. The SMILES string of the molecule is CCC(CC(=O)NC1(CC(=O)O)CCOCC1)c1ccccc1. The predicted molar refractivity (Wildman–Crippen MR) is 87.3 cm³/mol. The lowest BCUT2D eigenvalue weighted by Gasteiger charge is -2.37. The number of amides is 1. The van der Waals surface area contributed by atoms with Crippen molar-refractivity contribution in [3.8, 4) is 0 Å². The maximum absolute atomic E-state index is 12.5. The number of carboxylic acids is 1. The minimum absolute atomic E-state index is 0.0514. The quantitative estimate of drug-likeness (QED) is 0.810. The second-order valence-electron chi connectivity index (χ2n) is 6.23. The molecule has 1 heterocycles. The summed E-state index contributed by atoms with van der Waals surface area (Å²) < 4.78 is 5.32. The highest BCUT2D eigenvalue weighted by atomic mass is 16.5. The van der Waals surface area contributed by atoms with Gasteiger partial charge in [-0.1, -0.05) is 37.3 Å². The molecule has 2 rings (SSSR count). The van der Waals surface area contributed by atoms with E-state index in [1.54, 1.807) is 0 Å². The number of ether oxygens (including phenoxy) is 1. The lowest BCUT2D eigenvalue weighted by Crippen LogP contribution is -2.53. The van der Waals surface area contributed by atoms with Crippen LogP contribution in [0.3, 0.4) is 0 Å². The molecule has 5 heteroatoms. The molecule has 1 fully saturated rings. The summed E-state index contributed by atoms with van der Waals surface area (Å²) in [6, 6.07) is 9.96. The summed E-state index contributed by atoms with van der Waals surface area (Å²) in [7, 11) is 0. The first-order valence-corrected chi connectivity index (χ1v) is 8.20. The van der Waals surface area contributed by atoms with Crippen LogP contribution in [-0.2, 0) is 14.3 Å². The molecule has 1 saturated heterocycles. The summed E-state index contributed by atoms with van der Waals surface area (Å²) in [5, 5.41) is 12.2. The van der Waals surface area contributed by atoms with Gasteiger partial charge < -0.3 is 15.2 Å². The highest BCUT2D eigenvalue weighted by molar-refractivity contribution is 5.79. The van der Waals surface area contributed by atoms with Gasteiger partial charge in [-0.3, -0.25) is 9.59 Å². The van der Waals surface area contributed by atoms with Crippen LogP contribution in [0.25, 0.3) is 0 Å². The van der Waals surface area contributed by atoms with E-state index in [9.17, 15) is 9.59 Å². The Morgan fingerprint density at radius 2 is 1.91 bits per heavy atom. The summed E-state index contributed by atoms with van der Waals surface area (Å²) in [6.07, 6.45) is 2.29. The lowest BCUT2D eigenvalue weighted by atomic mass is 9.85. The molecule has 0 aromatic heterocycles. The van der Waals surface area contributed by atoms with E-state index < -0.39 is 11.5 Å². The monoisotopic (exact) mass is 319 g/mol. The molecule has 1 aliphatic rings. The van der Waals surface area contributed by atoms with Gasteiger partial charge in [-0.25, -0.2) is 0 Å². The van der Waals surface area contributed by atoms with Gasteiger partial charge in [-0.2, -0.15) is 0 Å². The van der Waals surface area contributed by atoms with Gasteiger partial charge in [0.05, 0.1) is 12.0 Å². The zero-order valence-corrected chi connectivity index (χ0v) is 13.6. The topological polar surface area (TPSA) is 75.6 Å². The fraction of sp³-hybridized carbons (Fsp3) is 0.556. The molecule has 2 N–H and O–H groups in total. The van der Waals surface area contributed by atoms with Crippen molar-refractivity contribution in [2.45, 2.75) is 50.5 Å². The third-order valence-corrected chi connectivity index (χ3v) is 4.54. The highest BCUT2D eigenvalue weighted by Crippen LogP contribution is 2.27. The Balaban J connectivity index is 2.02. The van der Waals surface area contributed by atoms with Gasteiger partial charge in [0.2, 0.25) is 5.91 Å². The molecule has 0 saturated carbocycles. The highest BCUT2D eigenvalue weighted by Gasteiger charge is 2.36. The fourth-order valence-corrected chi connectivity index (χ4v) is 3.19. The van der Waals surface area contributed by atoms with E-state index in [0.29, 0.717) is 32.5 Å². The van der Waals surface area contributed by atoms with Gasteiger partial charge >= 0.3 is 5.97 Å². The molecule has 1 aliphatic heterocycles. The van der Waals surface area contributed by atoms with Crippen molar-refractivity contribution in [3.05, 3.63) is 35.9 Å². The van der Waals surface area contributed by atoms with E-state index in [1.807, 2.05) is 30.3 Å². The second kappa shape index (κ2) is 8.11. The zero-order valence-electron chi connectivity index (χ0n) is 13.6. The Morgan fingerprint density at radius 1 is 1.26 bits per heavy atom. The van der Waals surface area contributed by atoms with Gasteiger partial charge in [-0.15, -0.1) is 0 Å². The number of hydrogen-bond donors (Lipinski definition) is 2. The van der Waals surface area contributed by atoms with Gasteiger partial charge in [0.15, 0.2) is 0 Å². The van der Waals surface area contributed by atoms with Crippen LogP contribution in [0.2, 0.25) is 0 Å². The average molecular weight is 319 g/mol. The Labute approximate surface area is 137 Å². The Bertz CT molecular complexity index is 523. The van der Waals surface area contributed by atoms with E-state index in [4.69, 9.17) is 9.84 Å². The predicted octanol–water partition coefficient (Wildman–Crippen LogP) is 2.71. The van der Waals surface area contributed by atoms with Crippen molar-refractivity contribution in [2.75, 3.05) is 13.2 Å². The number of benzene rings is 1. The first-order chi connectivity index (χ1) is 11.0. The van der Waals surface area contributed by atoms with Crippen molar-refractivity contribution >= 4 is 11.9 Å². The van der Waals surface area contributed by atoms with Gasteiger partial charge in [0.25, 0.3) is 0 Å². The first kappa shape index (κ1) is 17.5. The molecule has 5 nitrogen and oxygen atoms in total. The van der Waals surface area contributed by atoms with E-state index in [-0.39, 0.29) is 18.2 Å². The minimum Gasteiger partial charge on any atom is -0.481 e. The normalized spacial score (nSPS) is 18.1. The fourth-order valence-electron chi connectivity index (χ4n) is 3.19. The molecule has 1 amide bonds. The van der Waals surface area contributed by atoms with Crippen LogP contribution in [0.5, 0.6) is 0 Å². The number of rotatable bonds is 7. The molecule has 0 aliphatic carbocycles. The van der Waals surface area contributed by atoms with E-state index in [0.717, 1.165) is 12.0 Å². The Hall–Kier alpha value is -1.88. The van der Waals surface area contributed by atoms with E-state index in [2.05, 4.69) is 12.2 Å². The van der Waals surface area contributed by atoms with Gasteiger partial charge in [-0.05, 0) is 30.7 Å². The van der Waals surface area contributed by atoms with Crippen molar-refractivity contribution in [3.63, 3.8) is 0 Å². The van der Waals surface area contributed by atoms with E-state index in [1.165, 1.54) is 0 Å². The third-order valence-electron chi connectivity index (χ3n) is 4.54. The smallest absolute Gasteiger partial charge is 0.305 e. The molecule has 0 radical (unpaired) electrons. The van der Waals surface area contributed by atoms with Crippen LogP contribution < -0.4 is 5.32 Å². The van der Waals surface area contributed by atoms with Crippen molar-refractivity contribution in [2.24, 2.45) is 0 Å². The number of nitrogens with one attached hydrogen (secondary N) is 1. The summed E-state index contributed by atoms with van der Waals surface area (Å²) in [5.74, 6) is -0.816. The third kappa shape index (κ3) is 5.06.